The molecule has 0 radical (unpaired) electrons. The second-order valence-corrected chi connectivity index (χ2v) is 7.74. The van der Waals surface area contributed by atoms with Crippen LogP contribution in [0.4, 0.5) is 0 Å². The zero-order valence-corrected chi connectivity index (χ0v) is 18.1. The van der Waals surface area contributed by atoms with E-state index in [4.69, 9.17) is 0 Å². The Bertz CT molecular complexity index is 1190. The zero-order chi connectivity index (χ0) is 21.8. The molecule has 8 nitrogen and oxygen atoms in total. The van der Waals surface area contributed by atoms with Crippen LogP contribution in [0.1, 0.15) is 50.9 Å². The molecule has 1 unspecified atom stereocenters. The monoisotopic (exact) mass is 417 g/mol. The van der Waals surface area contributed by atoms with Crippen molar-refractivity contribution in [2.24, 2.45) is 0 Å². The van der Waals surface area contributed by atoms with E-state index in [-0.39, 0.29) is 11.6 Å². The van der Waals surface area contributed by atoms with Crippen molar-refractivity contribution in [1.82, 2.24) is 35.0 Å². The summed E-state index contributed by atoms with van der Waals surface area (Å²) in [5.74, 6) is 1.65. The Morgan fingerprint density at radius 3 is 2.42 bits per heavy atom. The van der Waals surface area contributed by atoms with Crippen molar-refractivity contribution >= 4 is 0 Å². The van der Waals surface area contributed by atoms with Crippen LogP contribution in [-0.4, -0.2) is 35.0 Å². The third-order valence-electron chi connectivity index (χ3n) is 5.56. The summed E-state index contributed by atoms with van der Waals surface area (Å²) in [7, 11) is 0. The molecule has 8 heteroatoms. The summed E-state index contributed by atoms with van der Waals surface area (Å²) in [4.78, 5) is 12.9. The number of hydrogen-bond acceptors (Lipinski definition) is 5. The Morgan fingerprint density at radius 2 is 1.77 bits per heavy atom. The number of hydrogen-bond donors (Lipinski definition) is 1. The first-order chi connectivity index (χ1) is 15.1. The number of rotatable bonds is 8. The number of tetrazole rings is 1. The Labute approximate surface area is 180 Å². The molecule has 2 heterocycles. The van der Waals surface area contributed by atoms with Crippen LogP contribution in [0.5, 0.6) is 0 Å². The van der Waals surface area contributed by atoms with Crippen molar-refractivity contribution in [3.05, 3.63) is 70.4 Å². The summed E-state index contributed by atoms with van der Waals surface area (Å²) in [6.45, 7) is 7.44. The molecule has 0 amide bonds. The maximum atomic E-state index is 12.9. The number of aryl methyl sites for hydroxylation is 1. The van der Waals surface area contributed by atoms with Gasteiger partial charge in [0.15, 0.2) is 0 Å². The highest BCUT2D eigenvalue weighted by molar-refractivity contribution is 5.80. The number of nitrogens with one attached hydrogen (secondary N) is 1. The van der Waals surface area contributed by atoms with Gasteiger partial charge in [-0.3, -0.25) is 4.57 Å². The van der Waals surface area contributed by atoms with Gasteiger partial charge in [0.2, 0.25) is 5.82 Å². The number of nitrogens with zero attached hydrogens (tertiary/aromatic N) is 6. The molecule has 0 saturated carbocycles. The van der Waals surface area contributed by atoms with Gasteiger partial charge in [-0.15, -0.1) is 10.2 Å². The Kier molecular flexibility index (Phi) is 6.06. The lowest BCUT2D eigenvalue weighted by molar-refractivity contribution is 0.565. The average molecular weight is 418 g/mol. The van der Waals surface area contributed by atoms with Crippen LogP contribution in [0.15, 0.2) is 53.3 Å². The first-order valence-electron chi connectivity index (χ1n) is 10.7. The van der Waals surface area contributed by atoms with Crippen molar-refractivity contribution in [2.75, 3.05) is 0 Å². The largest absolute Gasteiger partial charge is 0.346 e. The Morgan fingerprint density at radius 1 is 1.03 bits per heavy atom. The van der Waals surface area contributed by atoms with Gasteiger partial charge in [0.05, 0.1) is 6.54 Å². The molecule has 0 spiro atoms. The van der Waals surface area contributed by atoms with Gasteiger partial charge in [0, 0.05) is 18.0 Å². The van der Waals surface area contributed by atoms with E-state index >= 15 is 0 Å². The van der Waals surface area contributed by atoms with Gasteiger partial charge in [-0.25, -0.2) is 9.48 Å². The molecule has 1 N–H and O–H groups in total. The quantitative estimate of drug-likeness (QED) is 0.470. The van der Waals surface area contributed by atoms with E-state index in [9.17, 15) is 4.79 Å². The van der Waals surface area contributed by atoms with Crippen LogP contribution >= 0.6 is 0 Å². The topological polar surface area (TPSA) is 94.3 Å². The molecule has 160 valence electrons. The van der Waals surface area contributed by atoms with Crippen molar-refractivity contribution < 1.29 is 0 Å². The second-order valence-electron chi connectivity index (χ2n) is 7.74. The molecule has 31 heavy (non-hydrogen) atoms. The fourth-order valence-corrected chi connectivity index (χ4v) is 3.69. The molecule has 0 aliphatic heterocycles. The van der Waals surface area contributed by atoms with Gasteiger partial charge in [-0.2, -0.15) is 10.3 Å². The molecule has 4 aromatic rings. The summed E-state index contributed by atoms with van der Waals surface area (Å²) in [6.07, 6.45) is 1.82. The normalized spacial score (nSPS) is 12.2. The number of H-pyrrole nitrogens is 1. The van der Waals surface area contributed by atoms with E-state index in [1.54, 1.807) is 4.68 Å². The summed E-state index contributed by atoms with van der Waals surface area (Å²) in [5, 5.41) is 19.0. The molecule has 0 aliphatic rings. The van der Waals surface area contributed by atoms with Gasteiger partial charge < -0.3 is 0 Å². The molecule has 2 aromatic carbocycles. The molecular formula is C23H27N7O. The SMILES string of the molecule is CCCn1nc(C(C)CC)n(Cc2ccc(-c3ccccc3-c3nn[nH]n3)cc2)c1=O. The highest BCUT2D eigenvalue weighted by Crippen LogP contribution is 2.29. The number of benzene rings is 2. The predicted octanol–water partition coefficient (Wildman–Crippen LogP) is 3.86. The number of aromatic nitrogens is 7. The molecule has 0 fully saturated rings. The molecule has 1 atom stereocenters. The van der Waals surface area contributed by atoms with Gasteiger partial charge in [0.1, 0.15) is 5.82 Å². The van der Waals surface area contributed by atoms with Crippen LogP contribution in [0.2, 0.25) is 0 Å². The molecular weight excluding hydrogens is 390 g/mol. The Balaban J connectivity index is 1.65. The highest BCUT2D eigenvalue weighted by Gasteiger charge is 2.18. The van der Waals surface area contributed by atoms with E-state index in [1.165, 1.54) is 0 Å². The standard InChI is InChI=1S/C23H27N7O/c1-4-14-30-23(31)29(22(26-30)16(3)5-2)15-17-10-12-18(13-11-17)19-8-6-7-9-20(19)21-24-27-28-25-21/h6-13,16H,4-5,14-15H2,1-3H3,(H,24,25,27,28). The summed E-state index contributed by atoms with van der Waals surface area (Å²) in [5.41, 5.74) is 4.02. The smallest absolute Gasteiger partial charge is 0.274 e. The van der Waals surface area contributed by atoms with Crippen LogP contribution in [-0.2, 0) is 13.1 Å². The molecule has 4 rings (SSSR count). The molecule has 0 bridgehead atoms. The summed E-state index contributed by atoms with van der Waals surface area (Å²) < 4.78 is 3.41. The van der Waals surface area contributed by atoms with Crippen molar-refractivity contribution in [3.8, 4) is 22.5 Å². The van der Waals surface area contributed by atoms with Crippen LogP contribution < -0.4 is 5.69 Å². The summed E-state index contributed by atoms with van der Waals surface area (Å²) >= 11 is 0. The predicted molar refractivity (Wildman–Crippen MR) is 120 cm³/mol. The van der Waals surface area contributed by atoms with E-state index < -0.39 is 0 Å². The van der Waals surface area contributed by atoms with Crippen LogP contribution in [0, 0.1) is 0 Å². The minimum absolute atomic E-state index is 0.0383. The van der Waals surface area contributed by atoms with Gasteiger partial charge in [0.25, 0.3) is 0 Å². The Hall–Kier alpha value is -3.55. The highest BCUT2D eigenvalue weighted by atomic mass is 16.2. The fourth-order valence-electron chi connectivity index (χ4n) is 3.69. The summed E-state index contributed by atoms with van der Waals surface area (Å²) in [6, 6.07) is 16.2. The number of aromatic amines is 1. The molecule has 0 aliphatic carbocycles. The van der Waals surface area contributed by atoms with Gasteiger partial charge in [-0.1, -0.05) is 69.3 Å². The molecule has 0 saturated heterocycles. The minimum Gasteiger partial charge on any atom is -0.274 e. The van der Waals surface area contributed by atoms with Crippen molar-refractivity contribution in [3.63, 3.8) is 0 Å². The third kappa shape index (κ3) is 4.19. The lowest BCUT2D eigenvalue weighted by Gasteiger charge is -2.11. The van der Waals surface area contributed by atoms with Crippen LogP contribution in [0.3, 0.4) is 0 Å². The van der Waals surface area contributed by atoms with Crippen molar-refractivity contribution in [2.45, 2.75) is 52.6 Å². The maximum absolute atomic E-state index is 12.9. The maximum Gasteiger partial charge on any atom is 0.346 e. The first-order valence-corrected chi connectivity index (χ1v) is 10.7. The van der Waals surface area contributed by atoms with E-state index in [1.807, 2.05) is 28.8 Å². The van der Waals surface area contributed by atoms with Gasteiger partial charge in [-0.05, 0) is 34.7 Å². The minimum atomic E-state index is -0.0383. The van der Waals surface area contributed by atoms with E-state index in [2.05, 4.69) is 70.8 Å². The first kappa shape index (κ1) is 20.7. The average Bonchev–Trinajstić information content (AvgIpc) is 3.44. The molecule has 2 aromatic heterocycles. The van der Waals surface area contributed by atoms with Crippen molar-refractivity contribution in [1.29, 1.82) is 0 Å². The fraction of sp³-hybridized carbons (Fsp3) is 0.348. The van der Waals surface area contributed by atoms with Gasteiger partial charge >= 0.3 is 5.69 Å². The van der Waals surface area contributed by atoms with E-state index in [0.717, 1.165) is 40.9 Å². The third-order valence-corrected chi connectivity index (χ3v) is 5.56. The lowest BCUT2D eigenvalue weighted by Crippen LogP contribution is -2.26. The van der Waals surface area contributed by atoms with E-state index in [0.29, 0.717) is 18.9 Å². The zero-order valence-electron chi connectivity index (χ0n) is 18.1. The second kappa shape index (κ2) is 9.07. The van der Waals surface area contributed by atoms with Crippen LogP contribution in [0.25, 0.3) is 22.5 Å². The lowest BCUT2D eigenvalue weighted by atomic mass is 9.98.